The minimum absolute atomic E-state index is 0.350. The van der Waals surface area contributed by atoms with Crippen LogP contribution in [0.4, 0.5) is 0 Å². The summed E-state index contributed by atoms with van der Waals surface area (Å²) in [7, 11) is 0. The van der Waals surface area contributed by atoms with Gasteiger partial charge in [0.25, 0.3) is 5.78 Å². The maximum Gasteiger partial charge on any atom is 0.279 e. The number of hydrogen-bond acceptors (Lipinski definition) is 3. The Bertz CT molecular complexity index is 530. The molecule has 0 spiro atoms. The molecule has 0 unspecified atom stereocenters. The SMILES string of the molecule is O=C(C#Cc1ccsc1)C#Cc1ccsc1. The topological polar surface area (TPSA) is 17.1 Å². The molecule has 0 atom stereocenters. The molecule has 0 aliphatic rings. The van der Waals surface area contributed by atoms with Crippen molar-refractivity contribution in [2.75, 3.05) is 0 Å². The van der Waals surface area contributed by atoms with Crippen LogP contribution in [0.15, 0.2) is 33.7 Å². The highest BCUT2D eigenvalue weighted by atomic mass is 32.1. The lowest BCUT2D eigenvalue weighted by Gasteiger charge is -1.76. The molecule has 0 aliphatic carbocycles. The number of rotatable bonds is 0. The van der Waals surface area contributed by atoms with Crippen LogP contribution in [0.2, 0.25) is 0 Å². The molecule has 2 aromatic rings. The quantitative estimate of drug-likeness (QED) is 0.649. The molecule has 0 N–H and O–H groups in total. The van der Waals surface area contributed by atoms with E-state index in [2.05, 4.69) is 23.7 Å². The summed E-state index contributed by atoms with van der Waals surface area (Å²) in [5, 5.41) is 7.64. The van der Waals surface area contributed by atoms with Crippen LogP contribution >= 0.6 is 22.7 Å². The highest BCUT2D eigenvalue weighted by molar-refractivity contribution is 7.08. The van der Waals surface area contributed by atoms with Gasteiger partial charge in [0.2, 0.25) is 0 Å². The normalized spacial score (nSPS) is 8.50. The smallest absolute Gasteiger partial charge is 0.270 e. The third-order valence-corrected chi connectivity index (χ3v) is 3.05. The van der Waals surface area contributed by atoms with Crippen LogP contribution in [0, 0.1) is 23.7 Å². The van der Waals surface area contributed by atoms with Gasteiger partial charge in [-0.2, -0.15) is 22.7 Å². The standard InChI is InChI=1S/C13H6OS2/c14-13(3-1-11-5-7-15-9-11)4-2-12-6-8-16-10-12/h5-10H. The van der Waals surface area contributed by atoms with Gasteiger partial charge in [0.05, 0.1) is 0 Å². The molecule has 0 fully saturated rings. The Balaban J connectivity index is 2.05. The molecule has 0 saturated heterocycles. The zero-order chi connectivity index (χ0) is 11.2. The molecule has 16 heavy (non-hydrogen) atoms. The Morgan fingerprint density at radius 2 is 1.44 bits per heavy atom. The summed E-state index contributed by atoms with van der Waals surface area (Å²) in [4.78, 5) is 11.3. The molecule has 0 aliphatic heterocycles. The third-order valence-electron chi connectivity index (χ3n) is 1.68. The Morgan fingerprint density at radius 1 is 0.938 bits per heavy atom. The van der Waals surface area contributed by atoms with Gasteiger partial charge in [-0.15, -0.1) is 0 Å². The van der Waals surface area contributed by atoms with Crippen molar-refractivity contribution in [3.05, 3.63) is 44.8 Å². The summed E-state index contributed by atoms with van der Waals surface area (Å²) in [5.74, 6) is 10.2. The molecule has 3 heteroatoms. The lowest BCUT2D eigenvalue weighted by atomic mass is 10.3. The highest BCUT2D eigenvalue weighted by Gasteiger charge is 1.90. The molecular weight excluding hydrogens is 236 g/mol. The predicted octanol–water partition coefficient (Wildman–Crippen LogP) is 2.78. The van der Waals surface area contributed by atoms with Gasteiger partial charge in [0, 0.05) is 21.9 Å². The Hall–Kier alpha value is -1.81. The minimum Gasteiger partial charge on any atom is -0.270 e. The molecule has 0 saturated carbocycles. The van der Waals surface area contributed by atoms with Gasteiger partial charge >= 0.3 is 0 Å². The van der Waals surface area contributed by atoms with Crippen molar-refractivity contribution in [1.29, 1.82) is 0 Å². The van der Waals surface area contributed by atoms with Gasteiger partial charge < -0.3 is 0 Å². The van der Waals surface area contributed by atoms with Gasteiger partial charge in [-0.3, -0.25) is 4.79 Å². The van der Waals surface area contributed by atoms with Crippen LogP contribution in [0.25, 0.3) is 0 Å². The lowest BCUT2D eigenvalue weighted by Crippen LogP contribution is -1.86. The summed E-state index contributed by atoms with van der Waals surface area (Å²) in [6.45, 7) is 0. The first-order chi connectivity index (χ1) is 7.84. The monoisotopic (exact) mass is 242 g/mol. The average Bonchev–Trinajstić information content (AvgIpc) is 2.96. The zero-order valence-corrected chi connectivity index (χ0v) is 9.82. The van der Waals surface area contributed by atoms with Crippen molar-refractivity contribution in [1.82, 2.24) is 0 Å². The minimum atomic E-state index is -0.350. The number of carbonyl (C=O) groups excluding carboxylic acids is 1. The van der Waals surface area contributed by atoms with E-state index in [0.717, 1.165) is 11.1 Å². The van der Waals surface area contributed by atoms with E-state index in [1.807, 2.05) is 33.7 Å². The van der Waals surface area contributed by atoms with Crippen molar-refractivity contribution in [3.63, 3.8) is 0 Å². The molecule has 2 heterocycles. The van der Waals surface area contributed by atoms with E-state index in [0.29, 0.717) is 0 Å². The molecule has 0 amide bonds. The van der Waals surface area contributed by atoms with Crippen LogP contribution < -0.4 is 0 Å². The molecule has 0 aromatic carbocycles. The van der Waals surface area contributed by atoms with Crippen molar-refractivity contribution in [2.24, 2.45) is 0 Å². The van der Waals surface area contributed by atoms with E-state index in [-0.39, 0.29) is 5.78 Å². The first kappa shape index (κ1) is 10.7. The van der Waals surface area contributed by atoms with Crippen LogP contribution in [-0.4, -0.2) is 5.78 Å². The van der Waals surface area contributed by atoms with Crippen LogP contribution in [0.1, 0.15) is 11.1 Å². The van der Waals surface area contributed by atoms with Gasteiger partial charge in [0.15, 0.2) is 0 Å². The molecule has 0 bridgehead atoms. The largest absolute Gasteiger partial charge is 0.279 e. The van der Waals surface area contributed by atoms with Gasteiger partial charge in [0.1, 0.15) is 0 Å². The van der Waals surface area contributed by atoms with Crippen LogP contribution in [0.5, 0.6) is 0 Å². The van der Waals surface area contributed by atoms with Gasteiger partial charge in [-0.05, 0) is 34.7 Å². The third kappa shape index (κ3) is 3.10. The summed E-state index contributed by atoms with van der Waals surface area (Å²) >= 11 is 3.11. The number of ketones is 1. The highest BCUT2D eigenvalue weighted by Crippen LogP contribution is 2.04. The van der Waals surface area contributed by atoms with E-state index < -0.39 is 0 Å². The maximum absolute atomic E-state index is 11.3. The number of hydrogen-bond donors (Lipinski definition) is 0. The number of thiophene rings is 2. The fourth-order valence-electron chi connectivity index (χ4n) is 0.960. The molecule has 0 radical (unpaired) electrons. The van der Waals surface area contributed by atoms with Crippen LogP contribution in [-0.2, 0) is 4.79 Å². The average molecular weight is 242 g/mol. The van der Waals surface area contributed by atoms with Gasteiger partial charge in [-0.1, -0.05) is 11.8 Å². The van der Waals surface area contributed by atoms with E-state index in [1.165, 1.54) is 0 Å². The zero-order valence-electron chi connectivity index (χ0n) is 8.19. The molecule has 2 aromatic heterocycles. The summed E-state index contributed by atoms with van der Waals surface area (Å²) in [5.41, 5.74) is 1.71. The lowest BCUT2D eigenvalue weighted by molar-refractivity contribution is -0.108. The van der Waals surface area contributed by atoms with Gasteiger partial charge in [-0.25, -0.2) is 0 Å². The summed E-state index contributed by atoms with van der Waals surface area (Å²) < 4.78 is 0. The maximum atomic E-state index is 11.3. The van der Waals surface area contributed by atoms with Crippen LogP contribution in [0.3, 0.4) is 0 Å². The number of Topliss-reactive ketones (excluding diaryl/α,β-unsaturated/α-hetero) is 1. The Morgan fingerprint density at radius 3 is 1.81 bits per heavy atom. The Kier molecular flexibility index (Phi) is 3.56. The molecule has 2 rings (SSSR count). The Labute approximate surface area is 102 Å². The molecule has 76 valence electrons. The molecule has 1 nitrogen and oxygen atoms in total. The van der Waals surface area contributed by atoms with E-state index in [1.54, 1.807) is 22.7 Å². The van der Waals surface area contributed by atoms with E-state index >= 15 is 0 Å². The first-order valence-electron chi connectivity index (χ1n) is 4.47. The summed E-state index contributed by atoms with van der Waals surface area (Å²) in [6, 6.07) is 3.74. The second kappa shape index (κ2) is 5.32. The van der Waals surface area contributed by atoms with E-state index in [9.17, 15) is 4.79 Å². The first-order valence-corrected chi connectivity index (χ1v) is 6.35. The fourth-order valence-corrected chi connectivity index (χ4v) is 2.14. The van der Waals surface area contributed by atoms with E-state index in [4.69, 9.17) is 0 Å². The predicted molar refractivity (Wildman–Crippen MR) is 67.4 cm³/mol. The van der Waals surface area contributed by atoms with Crippen molar-refractivity contribution in [3.8, 4) is 23.7 Å². The second-order valence-electron chi connectivity index (χ2n) is 2.85. The van der Waals surface area contributed by atoms with Crippen molar-refractivity contribution in [2.45, 2.75) is 0 Å². The number of carbonyl (C=O) groups is 1. The summed E-state index contributed by atoms with van der Waals surface area (Å²) in [6.07, 6.45) is 0. The molecular formula is C13H6OS2. The fraction of sp³-hybridized carbons (Fsp3) is 0. The second-order valence-corrected chi connectivity index (χ2v) is 4.41. The van der Waals surface area contributed by atoms with Crippen molar-refractivity contribution >= 4 is 28.5 Å². The van der Waals surface area contributed by atoms with Crippen molar-refractivity contribution < 1.29 is 4.79 Å².